The smallest absolute Gasteiger partial charge is 0.337 e. The zero-order valence-electron chi connectivity index (χ0n) is 60.3. The molecular weight excluding hydrogens is 1430 g/mol. The molecule has 2 aliphatic heterocycles. The molecule has 2 atom stereocenters. The van der Waals surface area contributed by atoms with Gasteiger partial charge in [-0.2, -0.15) is 0 Å². The molecule has 0 amide bonds. The number of ketones is 4. The second-order valence-corrected chi connectivity index (χ2v) is 22.5. The summed E-state index contributed by atoms with van der Waals surface area (Å²) in [6.45, 7) is 1.12. The minimum absolute atomic E-state index is 0.0144. The second-order valence-electron chi connectivity index (χ2n) is 22.5. The van der Waals surface area contributed by atoms with E-state index in [1.54, 1.807) is 78.9 Å². The number of carboxylic acids is 2. The third-order valence-corrected chi connectivity index (χ3v) is 14.9. The molecule has 109 heavy (non-hydrogen) atoms. The number of aromatic hydroxyl groups is 4. The number of phenols is 4. The van der Waals surface area contributed by atoms with E-state index in [0.717, 1.165) is 6.07 Å². The largest absolute Gasteiger partial charge is 0.508 e. The summed E-state index contributed by atoms with van der Waals surface area (Å²) in [4.78, 5) is 104. The van der Waals surface area contributed by atoms with Crippen LogP contribution in [0.3, 0.4) is 0 Å². The number of fused-ring (bicyclic) bond motifs is 2. The van der Waals surface area contributed by atoms with Crippen LogP contribution >= 0.6 is 0 Å². The van der Waals surface area contributed by atoms with Gasteiger partial charge in [0.1, 0.15) is 110 Å². The van der Waals surface area contributed by atoms with Crippen LogP contribution in [-0.4, -0.2) is 182 Å². The van der Waals surface area contributed by atoms with Gasteiger partial charge < -0.3 is 106 Å². The Morgan fingerprint density at radius 2 is 0.826 bits per heavy atom. The van der Waals surface area contributed by atoms with Crippen LogP contribution in [-0.2, 0) is 37.9 Å². The normalized spacial score (nSPS) is 12.9. The molecule has 0 bridgehead atoms. The summed E-state index contributed by atoms with van der Waals surface area (Å²) in [7, 11) is 11.4. The van der Waals surface area contributed by atoms with Crippen molar-refractivity contribution < 1.29 is 150 Å². The standard InChI is InChI=1S/2C20H20O8.C17H14O6.C12H16O6.C9H8O3/c1-24-10-26-14-7-17(27-11-25-2)19-15(21)9-16(28-18(19)8-14)12-4-3-5-13(6-12)20(22)23;1-25-11-27-15-9-17(22)19(18(10-15)28-12-26-2)16(21)7-6-13-4-3-5-14(8-13)20(23)24;1-22-17(21)10-4-2-3-9(5-10)14-8-13(20)16-12(19)6-11(18)7-15(16)23-14;1-8(13)12-10(14)4-9(17-6-15-2)5-11(12)18-7-16-3;1-12-9(11)8-4-2-3-7(5-8)6-10/h3-8,16H,9-11H2,1-2H3,(H,22,23);3-10,22H,11-12H2,1-2H3,(H,23,24);2-7,14,18-19H,8H2,1H3;4-5,14H,6-7H2,1-3H3;2-6H,1H3/b;7-6+;;;. The van der Waals surface area contributed by atoms with E-state index in [0.29, 0.717) is 62.5 Å². The minimum Gasteiger partial charge on any atom is -0.508 e. The number of aromatic carboxylic acids is 2. The van der Waals surface area contributed by atoms with Crippen LogP contribution in [0.15, 0.2) is 152 Å². The number of Topliss-reactive ketones (excluding diaryl/α,β-unsaturated/α-hetero) is 3. The molecule has 0 fully saturated rings. The van der Waals surface area contributed by atoms with Gasteiger partial charge in [0, 0.05) is 96.8 Å². The predicted molar refractivity (Wildman–Crippen MR) is 383 cm³/mol. The quantitative estimate of drug-likeness (QED) is 0.00833. The highest BCUT2D eigenvalue weighted by Gasteiger charge is 2.34. The zero-order valence-corrected chi connectivity index (χ0v) is 60.3. The first-order valence-electron chi connectivity index (χ1n) is 32.2. The van der Waals surface area contributed by atoms with Crippen molar-refractivity contribution in [1.82, 2.24) is 0 Å². The first-order chi connectivity index (χ1) is 52.3. The third-order valence-electron chi connectivity index (χ3n) is 14.9. The lowest BCUT2D eigenvalue weighted by Crippen LogP contribution is -2.22. The van der Waals surface area contributed by atoms with Gasteiger partial charge in [0.2, 0.25) is 0 Å². The molecule has 2 unspecified atom stereocenters. The first-order valence-corrected chi connectivity index (χ1v) is 32.2. The Balaban J connectivity index is 0.000000218. The molecule has 8 aromatic rings. The average molecular weight is 1510 g/mol. The molecule has 31 heteroatoms. The molecule has 10 rings (SSSR count). The number of benzene rings is 8. The topological polar surface area (TPSA) is 423 Å². The van der Waals surface area contributed by atoms with Gasteiger partial charge in [0.25, 0.3) is 0 Å². The summed E-state index contributed by atoms with van der Waals surface area (Å²) in [5.74, 6) is -3.45. The van der Waals surface area contributed by atoms with E-state index in [4.69, 9.17) is 71.4 Å². The van der Waals surface area contributed by atoms with Crippen molar-refractivity contribution in [3.8, 4) is 69.0 Å². The number of carbonyl (C=O) groups excluding carboxylic acids is 7. The second kappa shape index (κ2) is 42.9. The molecule has 0 radical (unpaired) electrons. The summed E-state index contributed by atoms with van der Waals surface area (Å²) >= 11 is 0. The van der Waals surface area contributed by atoms with Gasteiger partial charge in [-0.3, -0.25) is 24.0 Å². The summed E-state index contributed by atoms with van der Waals surface area (Å²) in [5.41, 5.74) is 3.57. The third kappa shape index (κ3) is 24.9. The predicted octanol–water partition coefficient (Wildman–Crippen LogP) is 11.4. The number of phenolic OH excluding ortho intramolecular Hbond substituents is 4. The molecule has 8 aromatic carbocycles. The summed E-state index contributed by atoms with van der Waals surface area (Å²) in [6.07, 6.45) is 2.20. The number of hydrogen-bond donors (Lipinski definition) is 6. The van der Waals surface area contributed by atoms with Crippen molar-refractivity contribution in [3.05, 3.63) is 218 Å². The fraction of sp³-hybridized carbons (Fsp3) is 0.244. The lowest BCUT2D eigenvalue weighted by Gasteiger charge is -2.27. The first kappa shape index (κ1) is 85.0. The molecule has 2 heterocycles. The Hall–Kier alpha value is -12.9. The van der Waals surface area contributed by atoms with Crippen LogP contribution in [0.4, 0.5) is 0 Å². The van der Waals surface area contributed by atoms with Gasteiger partial charge >= 0.3 is 23.9 Å². The molecule has 6 N–H and O–H groups in total. The van der Waals surface area contributed by atoms with Crippen molar-refractivity contribution in [2.24, 2.45) is 0 Å². The van der Waals surface area contributed by atoms with E-state index in [-0.39, 0.29) is 151 Å². The van der Waals surface area contributed by atoms with Crippen LogP contribution in [0.25, 0.3) is 6.08 Å². The molecule has 576 valence electrons. The molecular formula is C78H78O31. The summed E-state index contributed by atoms with van der Waals surface area (Å²) in [5, 5.41) is 57.6. The zero-order chi connectivity index (χ0) is 79.7. The highest BCUT2D eigenvalue weighted by Crippen LogP contribution is 2.44. The van der Waals surface area contributed by atoms with Crippen LogP contribution in [0, 0.1) is 0 Å². The number of esters is 2. The number of rotatable bonds is 29. The fourth-order valence-electron chi connectivity index (χ4n) is 10.0. The van der Waals surface area contributed by atoms with E-state index < -0.39 is 41.9 Å². The number of methoxy groups -OCH3 is 8. The van der Waals surface area contributed by atoms with Gasteiger partial charge in [0.15, 0.2) is 63.9 Å². The average Bonchev–Trinajstić information content (AvgIpc) is 0.777. The monoisotopic (exact) mass is 1510 g/mol. The number of ether oxygens (including phenoxy) is 16. The maximum absolute atomic E-state index is 12.8. The van der Waals surface area contributed by atoms with Gasteiger partial charge in [-0.05, 0) is 78.2 Å². The Bertz CT molecular complexity index is 4540. The number of hydrogen-bond acceptors (Lipinski definition) is 29. The Morgan fingerprint density at radius 3 is 1.31 bits per heavy atom. The van der Waals surface area contributed by atoms with Crippen LogP contribution < -0.4 is 37.9 Å². The Labute approximate surface area is 623 Å². The van der Waals surface area contributed by atoms with Gasteiger partial charge in [-0.15, -0.1) is 0 Å². The van der Waals surface area contributed by atoms with Gasteiger partial charge in [-0.25, -0.2) is 19.2 Å². The number of aldehydes is 1. The SMILES string of the molecule is COC(=O)c1cccc(C2CC(=O)c3c(O)cc(O)cc3O2)c1.COC(=O)c1cccc(C=O)c1.COCOc1cc(O)c(C(=O)/C=C/c2cccc(C(=O)O)c2)c(OCOC)c1.COCOc1cc(O)c(C(C)=O)c(OCOC)c1.COCOc1cc(OCOC)c2c(c1)OC(c1cccc(C(=O)O)c1)CC2=O. The van der Waals surface area contributed by atoms with Crippen molar-refractivity contribution >= 4 is 59.4 Å². The molecule has 0 aliphatic carbocycles. The maximum atomic E-state index is 12.8. The lowest BCUT2D eigenvalue weighted by atomic mass is 9.94. The number of carbonyl (C=O) groups is 9. The highest BCUT2D eigenvalue weighted by molar-refractivity contribution is 6.11. The van der Waals surface area contributed by atoms with Crippen LogP contribution in [0.2, 0.25) is 0 Å². The highest BCUT2D eigenvalue weighted by atomic mass is 16.7. The molecule has 2 aliphatic rings. The van der Waals surface area contributed by atoms with Crippen LogP contribution in [0.5, 0.6) is 69.0 Å². The number of carboxylic acid groups (broad SMARTS) is 2. The fourth-order valence-corrected chi connectivity index (χ4v) is 10.0. The Kier molecular flexibility index (Phi) is 33.5. The summed E-state index contributed by atoms with van der Waals surface area (Å²) < 4.78 is 81.9. The van der Waals surface area contributed by atoms with Crippen LogP contribution in [0.1, 0.15) is 142 Å². The lowest BCUT2D eigenvalue weighted by molar-refractivity contribution is 0.0436. The van der Waals surface area contributed by atoms with E-state index in [2.05, 4.69) is 9.47 Å². The molecule has 31 nitrogen and oxygen atoms in total. The maximum Gasteiger partial charge on any atom is 0.337 e. The van der Waals surface area contributed by atoms with E-state index in [1.807, 2.05) is 0 Å². The molecule has 0 saturated carbocycles. The summed E-state index contributed by atoms with van der Waals surface area (Å²) in [6, 6.07) is 36.4. The van der Waals surface area contributed by atoms with Crippen molar-refractivity contribution in [2.45, 2.75) is 32.0 Å². The van der Waals surface area contributed by atoms with E-state index >= 15 is 0 Å². The van der Waals surface area contributed by atoms with Gasteiger partial charge in [0.05, 0.1) is 49.3 Å². The molecule has 0 saturated heterocycles. The number of allylic oxidation sites excluding steroid dienone is 1. The van der Waals surface area contributed by atoms with Gasteiger partial charge in [-0.1, -0.05) is 54.6 Å². The van der Waals surface area contributed by atoms with E-state index in [1.165, 1.54) is 137 Å². The molecule has 0 spiro atoms. The Morgan fingerprint density at radius 1 is 0.431 bits per heavy atom. The van der Waals surface area contributed by atoms with Crippen molar-refractivity contribution in [3.63, 3.8) is 0 Å². The molecule has 0 aromatic heterocycles. The van der Waals surface area contributed by atoms with Crippen molar-refractivity contribution in [1.29, 1.82) is 0 Å². The van der Waals surface area contributed by atoms with E-state index in [9.17, 15) is 68.7 Å². The minimum atomic E-state index is -1.07. The van der Waals surface area contributed by atoms with Crippen molar-refractivity contribution in [2.75, 3.05) is 97.6 Å².